The number of nitrogen functional groups attached to an aromatic ring is 3. The van der Waals surface area contributed by atoms with Gasteiger partial charge in [0.1, 0.15) is 46.7 Å². The Morgan fingerprint density at radius 2 is 1.01 bits per heavy atom. The van der Waals surface area contributed by atoms with Gasteiger partial charge in [0, 0.05) is 37.9 Å². The number of anilines is 3. The van der Waals surface area contributed by atoms with Gasteiger partial charge in [0.15, 0.2) is 0 Å². The molecule has 0 fully saturated rings. The van der Waals surface area contributed by atoms with Crippen molar-refractivity contribution in [2.45, 2.75) is 67.7 Å². The van der Waals surface area contributed by atoms with Gasteiger partial charge in [0.25, 0.3) is 16.8 Å². The molecule has 18 nitrogen and oxygen atoms in total. The smallest absolute Gasteiger partial charge is 0.398 e. The zero-order valence-corrected chi connectivity index (χ0v) is 39.5. The molecule has 2 aromatic carbocycles. The largest absolute Gasteiger partial charge is 0.431 e. The topological polar surface area (TPSA) is 257 Å². The number of rotatable bonds is 9. The Hall–Kier alpha value is -8.18. The van der Waals surface area contributed by atoms with E-state index >= 15 is 0 Å². The number of aryl methyl sites for hydroxylation is 2. The number of nitro benzene ring substituents is 1. The molecule has 70 heavy (non-hydrogen) atoms. The minimum atomic E-state index is -4.93. The van der Waals surface area contributed by atoms with Gasteiger partial charge in [-0.1, -0.05) is 25.3 Å². The van der Waals surface area contributed by atoms with Crippen molar-refractivity contribution in [2.24, 2.45) is 0 Å². The normalized spacial score (nSPS) is 11.0. The zero-order valence-electron chi connectivity index (χ0n) is 39.5. The summed E-state index contributed by atoms with van der Waals surface area (Å²) in [5.74, 6) is -0.442. The molecule has 0 radical (unpaired) electrons. The lowest BCUT2D eigenvalue weighted by atomic mass is 10.1. The molecule has 4 heterocycles. The first-order valence-electron chi connectivity index (χ1n) is 21.1. The molecule has 374 valence electrons. The fourth-order valence-electron chi connectivity index (χ4n) is 7.03. The second-order valence-electron chi connectivity index (χ2n) is 14.9. The molecule has 0 bridgehead atoms. The summed E-state index contributed by atoms with van der Waals surface area (Å²) in [5, 5.41) is 10.8. The van der Waals surface area contributed by atoms with Crippen molar-refractivity contribution in [3.05, 3.63) is 139 Å². The molecule has 0 atom stereocenters. The standard InChI is InChI=1S/C16H12F3N5O3.C16H14F3N5O.2C7H13NO/c1-7-3-4-10(24(26)27)8(2)13(7)23-11(16(17,18)19)5-9-12(15(23)25)21-6-22-14(9)20;1-7-3-4-10(20)8(2)13(7)24-11(16(17,18)19)5-9-12(15(24)25)22-6-23-14(9)21;2*1-4-7(9)8(5-2)6-3/h3-6H,1-2H3,(H2,20,21,22);3-6H,20H2,1-2H3,(H2,21,22,23);2*4H,1,5-6H2,2-3H3. The predicted molar refractivity (Wildman–Crippen MR) is 255 cm³/mol. The maximum atomic E-state index is 13.7. The lowest BCUT2D eigenvalue weighted by Gasteiger charge is -2.20. The molecule has 6 N–H and O–H groups in total. The number of benzene rings is 2. The first-order valence-corrected chi connectivity index (χ1v) is 21.1. The molecule has 2 amide bonds. The van der Waals surface area contributed by atoms with Crippen molar-refractivity contribution >= 4 is 56.6 Å². The van der Waals surface area contributed by atoms with Crippen LogP contribution in [0.15, 0.2) is 84.0 Å². The van der Waals surface area contributed by atoms with Crippen LogP contribution in [0.1, 0.15) is 61.3 Å². The van der Waals surface area contributed by atoms with E-state index in [-0.39, 0.29) is 73.4 Å². The Morgan fingerprint density at radius 1 is 0.657 bits per heavy atom. The average Bonchev–Trinajstić information content (AvgIpc) is 3.30. The van der Waals surface area contributed by atoms with Crippen molar-refractivity contribution in [3.8, 4) is 11.4 Å². The first kappa shape index (κ1) is 56.1. The van der Waals surface area contributed by atoms with Crippen LogP contribution in [0.3, 0.4) is 0 Å². The molecular formula is C46H52F6N12O6. The van der Waals surface area contributed by atoms with E-state index < -0.39 is 45.5 Å². The maximum Gasteiger partial charge on any atom is 0.431 e. The Balaban J connectivity index is 0.000000277. The number of amides is 2. The molecule has 24 heteroatoms. The van der Waals surface area contributed by atoms with Crippen molar-refractivity contribution in [2.75, 3.05) is 43.4 Å². The summed E-state index contributed by atoms with van der Waals surface area (Å²) in [4.78, 5) is 76.0. The van der Waals surface area contributed by atoms with E-state index in [1.54, 1.807) is 35.8 Å². The van der Waals surface area contributed by atoms with E-state index in [1.165, 1.54) is 38.1 Å². The fourth-order valence-corrected chi connectivity index (χ4v) is 7.03. The molecule has 0 spiro atoms. The number of nitro groups is 1. The number of halogens is 6. The highest BCUT2D eigenvalue weighted by Crippen LogP contribution is 2.37. The molecule has 6 aromatic rings. The van der Waals surface area contributed by atoms with Gasteiger partial charge in [-0.05, 0) is 102 Å². The van der Waals surface area contributed by atoms with Gasteiger partial charge in [-0.3, -0.25) is 38.4 Å². The van der Waals surface area contributed by atoms with Crippen LogP contribution in [0.4, 0.5) is 49.4 Å². The number of likely N-dealkylation sites (N-methyl/N-ethyl adjacent to an activating group) is 2. The third-order valence-electron chi connectivity index (χ3n) is 10.7. The fraction of sp³-hybridized carbons (Fsp3) is 0.304. The minimum absolute atomic E-state index is 0.0139. The zero-order chi connectivity index (χ0) is 53.2. The third kappa shape index (κ3) is 12.3. The number of pyridine rings is 2. The number of hydrogen-bond acceptors (Lipinski definition) is 13. The summed E-state index contributed by atoms with van der Waals surface area (Å²) in [6.07, 6.45) is -5.04. The van der Waals surface area contributed by atoms with E-state index in [9.17, 15) is 55.6 Å². The predicted octanol–water partition coefficient (Wildman–Crippen LogP) is 7.57. The lowest BCUT2D eigenvalue weighted by Crippen LogP contribution is -2.29. The van der Waals surface area contributed by atoms with E-state index in [0.717, 1.165) is 44.9 Å². The number of carbonyl (C=O) groups excluding carboxylic acids is 2. The molecule has 0 aliphatic carbocycles. The summed E-state index contributed by atoms with van der Waals surface area (Å²) >= 11 is 0. The minimum Gasteiger partial charge on any atom is -0.398 e. The Kier molecular flexibility index (Phi) is 18.6. The van der Waals surface area contributed by atoms with Crippen LogP contribution in [0.5, 0.6) is 0 Å². The maximum absolute atomic E-state index is 13.7. The highest BCUT2D eigenvalue weighted by Gasteiger charge is 2.38. The van der Waals surface area contributed by atoms with Gasteiger partial charge in [0.2, 0.25) is 11.8 Å². The molecule has 0 saturated carbocycles. The summed E-state index contributed by atoms with van der Waals surface area (Å²) in [7, 11) is 0. The van der Waals surface area contributed by atoms with Crippen molar-refractivity contribution in [3.63, 3.8) is 0 Å². The van der Waals surface area contributed by atoms with Gasteiger partial charge in [0.05, 0.1) is 32.6 Å². The van der Waals surface area contributed by atoms with Gasteiger partial charge in [-0.2, -0.15) is 26.3 Å². The number of carbonyl (C=O) groups is 2. The molecule has 0 unspecified atom stereocenters. The van der Waals surface area contributed by atoms with Crippen LogP contribution in [-0.2, 0) is 21.9 Å². The lowest BCUT2D eigenvalue weighted by molar-refractivity contribution is -0.385. The van der Waals surface area contributed by atoms with E-state index in [0.29, 0.717) is 26.3 Å². The Morgan fingerprint density at radius 3 is 1.33 bits per heavy atom. The highest BCUT2D eigenvalue weighted by molar-refractivity contribution is 5.89. The Bertz CT molecular complexity index is 3040. The molecule has 0 aliphatic rings. The highest BCUT2D eigenvalue weighted by atomic mass is 19.4. The average molecular weight is 983 g/mol. The molecular weight excluding hydrogens is 931 g/mol. The first-order chi connectivity index (χ1) is 32.7. The van der Waals surface area contributed by atoms with Crippen molar-refractivity contribution in [1.29, 1.82) is 0 Å². The van der Waals surface area contributed by atoms with Crippen LogP contribution in [0, 0.1) is 37.8 Å². The van der Waals surface area contributed by atoms with Crippen LogP contribution >= 0.6 is 0 Å². The number of hydrogen-bond donors (Lipinski definition) is 3. The second-order valence-corrected chi connectivity index (χ2v) is 14.9. The van der Waals surface area contributed by atoms with Crippen molar-refractivity contribution in [1.82, 2.24) is 38.9 Å². The number of fused-ring (bicyclic) bond motifs is 2. The van der Waals surface area contributed by atoms with E-state index in [1.807, 2.05) is 27.7 Å². The van der Waals surface area contributed by atoms with Crippen LogP contribution in [0.2, 0.25) is 0 Å². The molecule has 4 aromatic heterocycles. The Labute approximate surface area is 396 Å². The summed E-state index contributed by atoms with van der Waals surface area (Å²) in [6, 6.07) is 7.05. The van der Waals surface area contributed by atoms with Crippen molar-refractivity contribution < 1.29 is 40.9 Å². The summed E-state index contributed by atoms with van der Waals surface area (Å²) < 4.78 is 83.1. The van der Waals surface area contributed by atoms with Gasteiger partial charge in [-0.25, -0.2) is 19.9 Å². The molecule has 6 rings (SSSR count). The molecule has 0 aliphatic heterocycles. The van der Waals surface area contributed by atoms with Gasteiger partial charge in [-0.15, -0.1) is 0 Å². The SMILES string of the molecule is C=CC(=O)N(CC)CC.C=CC(=O)N(CC)CC.Cc1ccc(N)c(C)c1-n1c(C(F)(F)F)cc2c(N)ncnc2c1=O.Cc1ccc([N+](=O)[O-])c(C)c1-n1c(C(F)(F)F)cc2c(N)ncnc2c1=O. The van der Waals surface area contributed by atoms with Crippen LogP contribution < -0.4 is 28.3 Å². The quantitative estimate of drug-likeness (QED) is 0.0416. The van der Waals surface area contributed by atoms with Crippen LogP contribution in [0.25, 0.3) is 33.2 Å². The van der Waals surface area contributed by atoms with Gasteiger partial charge < -0.3 is 27.0 Å². The summed E-state index contributed by atoms with van der Waals surface area (Å²) in [6.45, 7) is 23.5. The van der Waals surface area contributed by atoms with E-state index in [2.05, 4.69) is 33.1 Å². The number of alkyl halides is 6. The monoisotopic (exact) mass is 982 g/mol. The number of nitrogens with zero attached hydrogens (tertiary/aromatic N) is 9. The third-order valence-corrected chi connectivity index (χ3v) is 10.7. The van der Waals surface area contributed by atoms with Gasteiger partial charge >= 0.3 is 12.4 Å². The second kappa shape index (κ2) is 23.2. The number of aromatic nitrogens is 6. The van der Waals surface area contributed by atoms with Crippen LogP contribution in [-0.4, -0.2) is 81.8 Å². The molecule has 0 saturated heterocycles. The summed E-state index contributed by atoms with van der Waals surface area (Å²) in [5.41, 5.74) is 12.8. The number of nitrogens with two attached hydrogens (primary N) is 3. The van der Waals surface area contributed by atoms with E-state index in [4.69, 9.17) is 17.2 Å².